The maximum atomic E-state index is 12.9. The standard InChI is InChI=1S/C11H14FNO2/c12-8-3-2-7(9(14)10(8)15)11(6-13)4-1-5-11/h2-3,14-15H,1,4-6,13H2. The smallest absolute Gasteiger partial charge is 0.194 e. The number of hydrogen-bond donors (Lipinski definition) is 3. The lowest BCUT2D eigenvalue weighted by atomic mass is 9.64. The van der Waals surface area contributed by atoms with Gasteiger partial charge >= 0.3 is 0 Å². The number of benzene rings is 1. The van der Waals surface area contributed by atoms with Crippen LogP contribution in [0.15, 0.2) is 12.1 Å². The van der Waals surface area contributed by atoms with Crippen molar-refractivity contribution in [3.05, 3.63) is 23.5 Å². The molecule has 1 aromatic rings. The van der Waals surface area contributed by atoms with E-state index in [9.17, 15) is 14.6 Å². The van der Waals surface area contributed by atoms with Crippen molar-refractivity contribution in [1.29, 1.82) is 0 Å². The van der Waals surface area contributed by atoms with E-state index in [1.165, 1.54) is 12.1 Å². The van der Waals surface area contributed by atoms with E-state index in [-0.39, 0.29) is 11.2 Å². The maximum absolute atomic E-state index is 12.9. The molecule has 0 aliphatic heterocycles. The summed E-state index contributed by atoms with van der Waals surface area (Å²) in [6.45, 7) is 0.408. The highest BCUT2D eigenvalue weighted by Crippen LogP contribution is 2.48. The van der Waals surface area contributed by atoms with E-state index in [1.807, 2.05) is 0 Å². The monoisotopic (exact) mass is 211 g/mol. The number of hydrogen-bond acceptors (Lipinski definition) is 3. The molecule has 3 nitrogen and oxygen atoms in total. The molecule has 1 saturated carbocycles. The number of rotatable bonds is 2. The van der Waals surface area contributed by atoms with Crippen LogP contribution in [0.5, 0.6) is 11.5 Å². The summed E-state index contributed by atoms with van der Waals surface area (Å²) in [5.41, 5.74) is 5.97. The van der Waals surface area contributed by atoms with Crippen LogP contribution in [0.3, 0.4) is 0 Å². The molecule has 1 aliphatic carbocycles. The van der Waals surface area contributed by atoms with Crippen molar-refractivity contribution >= 4 is 0 Å². The average Bonchev–Trinajstić information content (AvgIpc) is 2.17. The number of nitrogens with two attached hydrogens (primary N) is 1. The Kier molecular flexibility index (Phi) is 2.31. The van der Waals surface area contributed by atoms with Gasteiger partial charge in [-0.3, -0.25) is 0 Å². The molecule has 4 N–H and O–H groups in total. The van der Waals surface area contributed by atoms with Crippen LogP contribution < -0.4 is 5.73 Å². The van der Waals surface area contributed by atoms with Gasteiger partial charge in [0, 0.05) is 17.5 Å². The van der Waals surface area contributed by atoms with Crippen LogP contribution in [0.25, 0.3) is 0 Å². The van der Waals surface area contributed by atoms with Gasteiger partial charge in [-0.1, -0.05) is 12.5 Å². The summed E-state index contributed by atoms with van der Waals surface area (Å²) in [6, 6.07) is 2.68. The van der Waals surface area contributed by atoms with Crippen molar-refractivity contribution in [3.63, 3.8) is 0 Å². The zero-order valence-electron chi connectivity index (χ0n) is 8.33. The molecule has 15 heavy (non-hydrogen) atoms. The molecule has 82 valence electrons. The molecule has 0 aromatic heterocycles. The first-order valence-corrected chi connectivity index (χ1v) is 5.02. The van der Waals surface area contributed by atoms with E-state index in [0.717, 1.165) is 19.3 Å². The molecule has 1 fully saturated rings. The first-order chi connectivity index (χ1) is 7.10. The first-order valence-electron chi connectivity index (χ1n) is 5.02. The minimum absolute atomic E-state index is 0.269. The van der Waals surface area contributed by atoms with Gasteiger partial charge in [0.05, 0.1) is 0 Å². The van der Waals surface area contributed by atoms with Gasteiger partial charge < -0.3 is 15.9 Å². The molecule has 0 amide bonds. The molecule has 0 saturated heterocycles. The van der Waals surface area contributed by atoms with Crippen LogP contribution >= 0.6 is 0 Å². The zero-order valence-corrected chi connectivity index (χ0v) is 8.33. The Labute approximate surface area is 87.3 Å². The quantitative estimate of drug-likeness (QED) is 0.651. The molecule has 1 aliphatic rings. The highest BCUT2D eigenvalue weighted by atomic mass is 19.1. The third kappa shape index (κ3) is 1.36. The zero-order chi connectivity index (χ0) is 11.1. The first kappa shape index (κ1) is 10.2. The van der Waals surface area contributed by atoms with Gasteiger partial charge in [-0.25, -0.2) is 4.39 Å². The Bertz CT molecular complexity index is 383. The van der Waals surface area contributed by atoms with Crippen molar-refractivity contribution in [2.75, 3.05) is 6.54 Å². The number of aromatic hydroxyl groups is 2. The van der Waals surface area contributed by atoms with Gasteiger partial charge in [0.25, 0.3) is 0 Å². The molecular weight excluding hydrogens is 197 g/mol. The summed E-state index contributed by atoms with van der Waals surface area (Å²) in [5, 5.41) is 19.0. The SMILES string of the molecule is NCC1(c2ccc(F)c(O)c2O)CCC1. The van der Waals surface area contributed by atoms with Crippen LogP contribution in [0.1, 0.15) is 24.8 Å². The Morgan fingerprint density at radius 2 is 1.93 bits per heavy atom. The minimum Gasteiger partial charge on any atom is -0.504 e. The summed E-state index contributed by atoms with van der Waals surface area (Å²) in [6.07, 6.45) is 2.80. The molecule has 0 radical (unpaired) electrons. The van der Waals surface area contributed by atoms with E-state index in [1.54, 1.807) is 0 Å². The van der Waals surface area contributed by atoms with Gasteiger partial charge in [0.2, 0.25) is 0 Å². The van der Waals surface area contributed by atoms with Crippen LogP contribution in [-0.2, 0) is 5.41 Å². The third-order valence-electron chi connectivity index (χ3n) is 3.37. The summed E-state index contributed by atoms with van der Waals surface area (Å²) in [5.74, 6) is -1.84. The average molecular weight is 211 g/mol. The fourth-order valence-electron chi connectivity index (χ4n) is 2.17. The molecule has 0 bridgehead atoms. The van der Waals surface area contributed by atoms with Gasteiger partial charge in [-0.2, -0.15) is 0 Å². The van der Waals surface area contributed by atoms with Gasteiger partial charge in [-0.05, 0) is 18.9 Å². The van der Waals surface area contributed by atoms with Crippen molar-refractivity contribution < 1.29 is 14.6 Å². The summed E-state index contributed by atoms with van der Waals surface area (Å²) >= 11 is 0. The highest BCUT2D eigenvalue weighted by molar-refractivity contribution is 5.50. The van der Waals surface area contributed by atoms with E-state index in [0.29, 0.717) is 12.1 Å². The van der Waals surface area contributed by atoms with E-state index in [2.05, 4.69) is 0 Å². The fourth-order valence-corrected chi connectivity index (χ4v) is 2.17. The van der Waals surface area contributed by atoms with Gasteiger partial charge in [0.15, 0.2) is 17.3 Å². The molecule has 1 aromatic carbocycles. The predicted molar refractivity (Wildman–Crippen MR) is 54.3 cm³/mol. The number of halogens is 1. The van der Waals surface area contributed by atoms with Crippen LogP contribution in [0.4, 0.5) is 4.39 Å². The molecule has 0 unspecified atom stereocenters. The molecule has 2 rings (SSSR count). The Hall–Kier alpha value is -1.29. The van der Waals surface area contributed by atoms with Crippen LogP contribution in [0, 0.1) is 5.82 Å². The Morgan fingerprint density at radius 1 is 1.27 bits per heavy atom. The summed E-state index contributed by atoms with van der Waals surface area (Å²) in [7, 11) is 0. The fraction of sp³-hybridized carbons (Fsp3) is 0.455. The Balaban J connectivity index is 2.49. The predicted octanol–water partition coefficient (Wildman–Crippen LogP) is 1.62. The summed E-state index contributed by atoms with van der Waals surface area (Å²) < 4.78 is 12.9. The van der Waals surface area contributed by atoms with Crippen molar-refractivity contribution in [1.82, 2.24) is 0 Å². The maximum Gasteiger partial charge on any atom is 0.194 e. The lowest BCUT2D eigenvalue weighted by Crippen LogP contribution is -2.41. The number of phenolic OH excluding ortho intramolecular Hbond substituents is 2. The second kappa shape index (κ2) is 3.38. The Morgan fingerprint density at radius 3 is 2.40 bits per heavy atom. The lowest BCUT2D eigenvalue weighted by molar-refractivity contribution is 0.241. The van der Waals surface area contributed by atoms with Crippen molar-refractivity contribution in [3.8, 4) is 11.5 Å². The van der Waals surface area contributed by atoms with E-state index in [4.69, 9.17) is 5.73 Å². The minimum atomic E-state index is -0.803. The van der Waals surface area contributed by atoms with Gasteiger partial charge in [0.1, 0.15) is 0 Å². The number of phenols is 2. The second-order valence-corrected chi connectivity index (χ2v) is 4.13. The lowest BCUT2D eigenvalue weighted by Gasteiger charge is -2.41. The molecule has 0 atom stereocenters. The third-order valence-corrected chi connectivity index (χ3v) is 3.37. The normalized spacial score (nSPS) is 18.5. The largest absolute Gasteiger partial charge is 0.504 e. The summed E-state index contributed by atoms with van der Waals surface area (Å²) in [4.78, 5) is 0. The molecule has 0 spiro atoms. The molecule has 4 heteroatoms. The van der Waals surface area contributed by atoms with Crippen LogP contribution in [0.2, 0.25) is 0 Å². The van der Waals surface area contributed by atoms with E-state index >= 15 is 0 Å². The molecular formula is C11H14FNO2. The van der Waals surface area contributed by atoms with Crippen molar-refractivity contribution in [2.45, 2.75) is 24.7 Å². The molecule has 0 heterocycles. The van der Waals surface area contributed by atoms with Crippen molar-refractivity contribution in [2.24, 2.45) is 5.73 Å². The topological polar surface area (TPSA) is 66.5 Å². The van der Waals surface area contributed by atoms with Crippen LogP contribution in [-0.4, -0.2) is 16.8 Å². The highest BCUT2D eigenvalue weighted by Gasteiger charge is 2.40. The second-order valence-electron chi connectivity index (χ2n) is 4.13. The van der Waals surface area contributed by atoms with E-state index < -0.39 is 11.6 Å². The van der Waals surface area contributed by atoms with Gasteiger partial charge in [-0.15, -0.1) is 0 Å².